The van der Waals surface area contributed by atoms with Gasteiger partial charge in [-0.15, -0.1) is 11.3 Å². The Morgan fingerprint density at radius 2 is 2.04 bits per heavy atom. The van der Waals surface area contributed by atoms with Crippen molar-refractivity contribution in [2.75, 3.05) is 13.2 Å². The number of carbonyl (C=O) groups excluding carboxylic acids is 1. The molecule has 0 radical (unpaired) electrons. The van der Waals surface area contributed by atoms with E-state index in [0.29, 0.717) is 35.4 Å². The van der Waals surface area contributed by atoms with Crippen LogP contribution < -0.4 is 0 Å². The fourth-order valence-electron chi connectivity index (χ4n) is 2.75. The molecule has 1 aromatic heterocycles. The molecule has 2 heterocycles. The molecule has 1 aliphatic heterocycles. The minimum atomic E-state index is -0.0491. The summed E-state index contributed by atoms with van der Waals surface area (Å²) in [6.07, 6.45) is 1.70. The van der Waals surface area contributed by atoms with Crippen molar-refractivity contribution in [1.29, 1.82) is 0 Å². The molecule has 0 atom stereocenters. The van der Waals surface area contributed by atoms with Gasteiger partial charge in [-0.05, 0) is 42.5 Å². The van der Waals surface area contributed by atoms with Gasteiger partial charge in [0.05, 0.1) is 17.1 Å². The van der Waals surface area contributed by atoms with Crippen molar-refractivity contribution in [3.8, 4) is 0 Å². The molecule has 0 unspecified atom stereocenters. The van der Waals surface area contributed by atoms with Gasteiger partial charge in [0.25, 0.3) is 5.91 Å². The third-order valence-corrected chi connectivity index (χ3v) is 5.37. The lowest BCUT2D eigenvalue weighted by Crippen LogP contribution is -2.42. The molecule has 1 aromatic carbocycles. The predicted octanol–water partition coefficient (Wildman–Crippen LogP) is 4.88. The second-order valence-corrected chi connectivity index (χ2v) is 7.36. The van der Waals surface area contributed by atoms with Crippen LogP contribution in [0.25, 0.3) is 0 Å². The van der Waals surface area contributed by atoms with Gasteiger partial charge >= 0.3 is 0 Å². The first-order chi connectivity index (χ1) is 11.1. The first kappa shape index (κ1) is 16.8. The van der Waals surface area contributed by atoms with Crippen molar-refractivity contribution in [2.45, 2.75) is 25.4 Å². The Bertz CT molecular complexity index is 669. The van der Waals surface area contributed by atoms with Gasteiger partial charge in [0, 0.05) is 29.2 Å². The zero-order valence-electron chi connectivity index (χ0n) is 12.5. The van der Waals surface area contributed by atoms with Crippen molar-refractivity contribution >= 4 is 40.4 Å². The first-order valence-electron chi connectivity index (χ1n) is 7.51. The van der Waals surface area contributed by atoms with E-state index < -0.39 is 0 Å². The minimum Gasteiger partial charge on any atom is -0.381 e. The lowest BCUT2D eigenvalue weighted by molar-refractivity contribution is 0.0270. The highest BCUT2D eigenvalue weighted by atomic mass is 35.5. The quantitative estimate of drug-likeness (QED) is 0.768. The number of rotatable bonds is 4. The number of ether oxygens (including phenoxy) is 1. The van der Waals surface area contributed by atoms with E-state index in [1.54, 1.807) is 29.5 Å². The third kappa shape index (κ3) is 4.07. The van der Waals surface area contributed by atoms with Crippen molar-refractivity contribution in [3.05, 3.63) is 56.2 Å². The first-order valence-corrected chi connectivity index (χ1v) is 9.15. The average molecular weight is 370 g/mol. The minimum absolute atomic E-state index is 0.0491. The maximum Gasteiger partial charge on any atom is 0.255 e. The van der Waals surface area contributed by atoms with E-state index in [0.717, 1.165) is 17.7 Å². The van der Waals surface area contributed by atoms with E-state index in [1.807, 2.05) is 22.4 Å². The number of nitrogens with zero attached hydrogens (tertiary/aromatic N) is 1. The van der Waals surface area contributed by atoms with Gasteiger partial charge < -0.3 is 9.64 Å². The number of benzene rings is 1. The zero-order chi connectivity index (χ0) is 16.2. The molecule has 1 fully saturated rings. The van der Waals surface area contributed by atoms with Crippen LogP contribution in [0.4, 0.5) is 0 Å². The summed E-state index contributed by atoms with van der Waals surface area (Å²) in [7, 11) is 0. The molecule has 0 saturated carbocycles. The van der Waals surface area contributed by atoms with Crippen LogP contribution >= 0.6 is 34.5 Å². The molecular weight excluding hydrogens is 353 g/mol. The Morgan fingerprint density at radius 1 is 1.26 bits per heavy atom. The number of halogens is 2. The summed E-state index contributed by atoms with van der Waals surface area (Å²) in [5, 5.41) is 2.95. The van der Waals surface area contributed by atoms with E-state index >= 15 is 0 Å². The van der Waals surface area contributed by atoms with Crippen molar-refractivity contribution in [3.63, 3.8) is 0 Å². The molecule has 122 valence electrons. The number of amides is 1. The van der Waals surface area contributed by atoms with E-state index in [-0.39, 0.29) is 11.9 Å². The van der Waals surface area contributed by atoms with Crippen LogP contribution in [0.2, 0.25) is 10.0 Å². The van der Waals surface area contributed by atoms with Crippen LogP contribution in [-0.2, 0) is 11.3 Å². The SMILES string of the molecule is O=C(c1ccc(Cl)cc1Cl)N(Cc1cccs1)C1CCOCC1. The summed E-state index contributed by atoms with van der Waals surface area (Å²) in [4.78, 5) is 16.1. The summed E-state index contributed by atoms with van der Waals surface area (Å²) in [6, 6.07) is 9.24. The molecule has 6 heteroatoms. The van der Waals surface area contributed by atoms with Crippen molar-refractivity contribution < 1.29 is 9.53 Å². The van der Waals surface area contributed by atoms with Gasteiger partial charge in [0.15, 0.2) is 0 Å². The number of hydrogen-bond donors (Lipinski definition) is 0. The predicted molar refractivity (Wildman–Crippen MR) is 94.5 cm³/mol. The second-order valence-electron chi connectivity index (χ2n) is 5.48. The van der Waals surface area contributed by atoms with Gasteiger partial charge in [-0.1, -0.05) is 29.3 Å². The molecule has 1 saturated heterocycles. The largest absolute Gasteiger partial charge is 0.381 e. The fourth-order valence-corrected chi connectivity index (χ4v) is 3.94. The van der Waals surface area contributed by atoms with E-state index in [9.17, 15) is 4.79 Å². The number of hydrogen-bond acceptors (Lipinski definition) is 3. The van der Waals surface area contributed by atoms with Gasteiger partial charge in [0.1, 0.15) is 0 Å². The molecule has 3 nitrogen and oxygen atoms in total. The molecule has 23 heavy (non-hydrogen) atoms. The highest BCUT2D eigenvalue weighted by Gasteiger charge is 2.28. The highest BCUT2D eigenvalue weighted by molar-refractivity contribution is 7.09. The van der Waals surface area contributed by atoms with Gasteiger partial charge in [0.2, 0.25) is 0 Å². The highest BCUT2D eigenvalue weighted by Crippen LogP contribution is 2.26. The molecule has 2 aromatic rings. The summed E-state index contributed by atoms with van der Waals surface area (Å²) in [5.41, 5.74) is 0.499. The number of carbonyl (C=O) groups is 1. The Morgan fingerprint density at radius 3 is 2.70 bits per heavy atom. The molecule has 0 N–H and O–H groups in total. The van der Waals surface area contributed by atoms with Crippen LogP contribution in [0.5, 0.6) is 0 Å². The van der Waals surface area contributed by atoms with Crippen LogP contribution in [0.15, 0.2) is 35.7 Å². The second kappa shape index (κ2) is 7.67. The average Bonchev–Trinajstić information content (AvgIpc) is 3.06. The maximum atomic E-state index is 13.1. The maximum absolute atomic E-state index is 13.1. The van der Waals surface area contributed by atoms with Crippen LogP contribution in [0.1, 0.15) is 28.1 Å². The van der Waals surface area contributed by atoms with Crippen molar-refractivity contribution in [1.82, 2.24) is 4.90 Å². The van der Waals surface area contributed by atoms with Crippen LogP contribution in [0.3, 0.4) is 0 Å². The van der Waals surface area contributed by atoms with Gasteiger partial charge in [-0.2, -0.15) is 0 Å². The molecule has 3 rings (SSSR count). The zero-order valence-corrected chi connectivity index (χ0v) is 14.8. The summed E-state index contributed by atoms with van der Waals surface area (Å²) in [6.45, 7) is 1.97. The Hall–Kier alpha value is -1.07. The Labute approximate surface area is 149 Å². The summed E-state index contributed by atoms with van der Waals surface area (Å²) < 4.78 is 5.43. The lowest BCUT2D eigenvalue weighted by atomic mass is 10.0. The van der Waals surface area contributed by atoms with Gasteiger partial charge in [-0.3, -0.25) is 4.79 Å². The van der Waals surface area contributed by atoms with E-state index in [1.165, 1.54) is 0 Å². The molecule has 0 bridgehead atoms. The van der Waals surface area contributed by atoms with E-state index in [4.69, 9.17) is 27.9 Å². The van der Waals surface area contributed by atoms with Gasteiger partial charge in [-0.25, -0.2) is 0 Å². The third-order valence-electron chi connectivity index (χ3n) is 3.96. The van der Waals surface area contributed by atoms with Crippen LogP contribution in [-0.4, -0.2) is 30.1 Å². The van der Waals surface area contributed by atoms with Crippen LogP contribution in [0, 0.1) is 0 Å². The van der Waals surface area contributed by atoms with Crippen molar-refractivity contribution in [2.24, 2.45) is 0 Å². The Balaban J connectivity index is 1.88. The smallest absolute Gasteiger partial charge is 0.255 e. The lowest BCUT2D eigenvalue weighted by Gasteiger charge is -2.34. The Kier molecular flexibility index (Phi) is 5.59. The monoisotopic (exact) mass is 369 g/mol. The topological polar surface area (TPSA) is 29.5 Å². The molecule has 0 aliphatic carbocycles. The number of thiophene rings is 1. The summed E-state index contributed by atoms with van der Waals surface area (Å²) in [5.74, 6) is -0.0491. The normalized spacial score (nSPS) is 15.6. The standard InChI is InChI=1S/C17H17Cl2NO2S/c18-12-3-4-15(16(19)10-12)17(21)20(11-14-2-1-9-23-14)13-5-7-22-8-6-13/h1-4,9-10,13H,5-8,11H2. The fraction of sp³-hybridized carbons (Fsp3) is 0.353. The van der Waals surface area contributed by atoms with E-state index in [2.05, 4.69) is 0 Å². The summed E-state index contributed by atoms with van der Waals surface area (Å²) >= 11 is 13.8. The molecule has 1 amide bonds. The molecule has 0 spiro atoms. The molecular formula is C17H17Cl2NO2S. The molecule has 1 aliphatic rings.